The third-order valence-electron chi connectivity index (χ3n) is 1.58. The lowest BCUT2D eigenvalue weighted by molar-refractivity contribution is 0.288. The van der Waals surface area contributed by atoms with Crippen LogP contribution in [0.3, 0.4) is 0 Å². The van der Waals surface area contributed by atoms with Gasteiger partial charge in [-0.15, -0.1) is 0 Å². The molecule has 0 radical (unpaired) electrons. The van der Waals surface area contributed by atoms with E-state index in [1.165, 1.54) is 0 Å². The van der Waals surface area contributed by atoms with Gasteiger partial charge >= 0.3 is 0 Å². The van der Waals surface area contributed by atoms with E-state index in [0.29, 0.717) is 6.04 Å². The number of rotatable bonds is 1. The van der Waals surface area contributed by atoms with Crippen molar-refractivity contribution in [3.05, 3.63) is 12.2 Å². The van der Waals surface area contributed by atoms with E-state index in [1.54, 1.807) is 0 Å². The fourth-order valence-electron chi connectivity index (χ4n) is 0.916. The summed E-state index contributed by atoms with van der Waals surface area (Å²) in [7, 11) is 0. The second kappa shape index (κ2) is 10.8. The number of nitrogens with zero attached hydrogens (tertiary/aromatic N) is 1. The van der Waals surface area contributed by atoms with Crippen LogP contribution in [0.1, 0.15) is 48.5 Å². The first-order valence-electron chi connectivity index (χ1n) is 5.93. The molecule has 1 heteroatoms. The van der Waals surface area contributed by atoms with Crippen LogP contribution in [0, 0.1) is 5.92 Å². The SMILES string of the molecule is CC.CC(C)C.CC(C)N1CC=CC1. The Balaban J connectivity index is 0. The minimum absolute atomic E-state index is 0.713. The Kier molecular flexibility index (Phi) is 12.4. The lowest BCUT2D eigenvalue weighted by Crippen LogP contribution is -2.27. The first-order valence-corrected chi connectivity index (χ1v) is 5.93. The first-order chi connectivity index (χ1) is 6.54. The molecule has 0 N–H and O–H groups in total. The summed E-state index contributed by atoms with van der Waals surface area (Å²) in [4.78, 5) is 2.42. The van der Waals surface area contributed by atoms with Crippen molar-refractivity contribution in [1.29, 1.82) is 0 Å². The van der Waals surface area contributed by atoms with Crippen LogP contribution in [0.5, 0.6) is 0 Å². The zero-order valence-electron chi connectivity index (χ0n) is 11.2. The van der Waals surface area contributed by atoms with Crippen molar-refractivity contribution in [2.75, 3.05) is 13.1 Å². The zero-order chi connectivity index (χ0) is 11.6. The predicted octanol–water partition coefficient (Wildman–Crippen LogP) is 3.96. The average molecular weight is 199 g/mol. The molecule has 0 saturated carbocycles. The van der Waals surface area contributed by atoms with Crippen LogP contribution in [0.15, 0.2) is 12.2 Å². The van der Waals surface area contributed by atoms with Crippen molar-refractivity contribution in [1.82, 2.24) is 4.90 Å². The maximum Gasteiger partial charge on any atom is 0.0169 e. The summed E-state index contributed by atoms with van der Waals surface area (Å²) in [6.07, 6.45) is 4.44. The normalized spacial score (nSPS) is 14.9. The lowest BCUT2D eigenvalue weighted by Gasteiger charge is -2.18. The average Bonchev–Trinajstić information content (AvgIpc) is 2.58. The molecular formula is C13H29N. The highest BCUT2D eigenvalue weighted by Crippen LogP contribution is 2.02. The molecule has 1 nitrogen and oxygen atoms in total. The fraction of sp³-hybridized carbons (Fsp3) is 0.846. The van der Waals surface area contributed by atoms with E-state index in [9.17, 15) is 0 Å². The molecule has 0 bridgehead atoms. The maximum atomic E-state index is 2.42. The van der Waals surface area contributed by atoms with Gasteiger partial charge in [0.05, 0.1) is 0 Å². The molecule has 1 heterocycles. The van der Waals surface area contributed by atoms with Crippen molar-refractivity contribution < 1.29 is 0 Å². The summed E-state index contributed by atoms with van der Waals surface area (Å²) < 4.78 is 0. The molecule has 0 fully saturated rings. The van der Waals surface area contributed by atoms with Gasteiger partial charge in [0.1, 0.15) is 0 Å². The summed E-state index contributed by atoms with van der Waals surface area (Å²) in [5, 5.41) is 0. The molecule has 0 aromatic rings. The van der Waals surface area contributed by atoms with Crippen molar-refractivity contribution >= 4 is 0 Å². The van der Waals surface area contributed by atoms with Gasteiger partial charge < -0.3 is 0 Å². The Morgan fingerprint density at radius 1 is 0.857 bits per heavy atom. The molecule has 1 rings (SSSR count). The van der Waals surface area contributed by atoms with Gasteiger partial charge in [0.15, 0.2) is 0 Å². The van der Waals surface area contributed by atoms with Gasteiger partial charge in [0.2, 0.25) is 0 Å². The van der Waals surface area contributed by atoms with Gasteiger partial charge in [-0.3, -0.25) is 4.90 Å². The minimum atomic E-state index is 0.713. The lowest BCUT2D eigenvalue weighted by atomic mass is 10.3. The quantitative estimate of drug-likeness (QED) is 0.578. The van der Waals surface area contributed by atoms with Crippen LogP contribution in [0.2, 0.25) is 0 Å². The Morgan fingerprint density at radius 3 is 1.29 bits per heavy atom. The van der Waals surface area contributed by atoms with Crippen LogP contribution < -0.4 is 0 Å². The van der Waals surface area contributed by atoms with Crippen molar-refractivity contribution in [3.63, 3.8) is 0 Å². The zero-order valence-corrected chi connectivity index (χ0v) is 11.2. The van der Waals surface area contributed by atoms with E-state index in [1.807, 2.05) is 13.8 Å². The first kappa shape index (κ1) is 16.1. The Hall–Kier alpha value is -0.300. The van der Waals surface area contributed by atoms with Gasteiger partial charge in [0.25, 0.3) is 0 Å². The molecule has 0 saturated heterocycles. The summed E-state index contributed by atoms with van der Waals surface area (Å²) in [5.41, 5.74) is 0. The van der Waals surface area contributed by atoms with E-state index in [4.69, 9.17) is 0 Å². The Bertz CT molecular complexity index is 114. The van der Waals surface area contributed by atoms with E-state index in [2.05, 4.69) is 51.7 Å². The summed E-state index contributed by atoms with van der Waals surface area (Å²) >= 11 is 0. The summed E-state index contributed by atoms with van der Waals surface area (Å²) in [6.45, 7) is 17.3. The predicted molar refractivity (Wildman–Crippen MR) is 67.7 cm³/mol. The second-order valence-electron chi connectivity index (χ2n) is 4.25. The van der Waals surface area contributed by atoms with Gasteiger partial charge in [-0.2, -0.15) is 0 Å². The second-order valence-corrected chi connectivity index (χ2v) is 4.25. The smallest absolute Gasteiger partial charge is 0.0169 e. The number of hydrogen-bond acceptors (Lipinski definition) is 1. The van der Waals surface area contributed by atoms with E-state index in [-0.39, 0.29) is 0 Å². The van der Waals surface area contributed by atoms with Crippen LogP contribution in [0.4, 0.5) is 0 Å². The topological polar surface area (TPSA) is 3.24 Å². The molecule has 0 amide bonds. The van der Waals surface area contributed by atoms with Crippen LogP contribution >= 0.6 is 0 Å². The molecule has 0 aliphatic carbocycles. The maximum absolute atomic E-state index is 2.42. The monoisotopic (exact) mass is 199 g/mol. The molecule has 0 spiro atoms. The van der Waals surface area contributed by atoms with Gasteiger partial charge in [-0.25, -0.2) is 0 Å². The Labute approximate surface area is 91.2 Å². The molecule has 0 aromatic carbocycles. The highest BCUT2D eigenvalue weighted by Gasteiger charge is 2.07. The minimum Gasteiger partial charge on any atom is -0.294 e. The summed E-state index contributed by atoms with van der Waals surface area (Å²) in [6, 6.07) is 0.713. The molecule has 86 valence electrons. The molecule has 0 unspecified atom stereocenters. The summed E-state index contributed by atoms with van der Waals surface area (Å²) in [5.74, 6) is 0.833. The van der Waals surface area contributed by atoms with Crippen molar-refractivity contribution in [3.8, 4) is 0 Å². The van der Waals surface area contributed by atoms with Gasteiger partial charge in [-0.1, -0.05) is 46.8 Å². The van der Waals surface area contributed by atoms with E-state index < -0.39 is 0 Å². The molecule has 1 aliphatic heterocycles. The van der Waals surface area contributed by atoms with E-state index >= 15 is 0 Å². The molecular weight excluding hydrogens is 170 g/mol. The molecule has 0 atom stereocenters. The van der Waals surface area contributed by atoms with Crippen molar-refractivity contribution in [2.45, 2.75) is 54.5 Å². The standard InChI is InChI=1S/C7H13N.C4H10.C2H6/c1-7(2)8-5-3-4-6-8;1-4(2)3;1-2/h3-4,7H,5-6H2,1-2H3;4H,1-3H3;1-2H3. The largest absolute Gasteiger partial charge is 0.294 e. The van der Waals surface area contributed by atoms with Gasteiger partial charge in [0, 0.05) is 19.1 Å². The van der Waals surface area contributed by atoms with Crippen molar-refractivity contribution in [2.24, 2.45) is 5.92 Å². The van der Waals surface area contributed by atoms with E-state index in [0.717, 1.165) is 19.0 Å². The Morgan fingerprint density at radius 2 is 1.14 bits per heavy atom. The van der Waals surface area contributed by atoms with Crippen LogP contribution in [-0.2, 0) is 0 Å². The molecule has 0 aromatic heterocycles. The molecule has 14 heavy (non-hydrogen) atoms. The van der Waals surface area contributed by atoms with Crippen LogP contribution in [0.25, 0.3) is 0 Å². The number of hydrogen-bond donors (Lipinski definition) is 0. The van der Waals surface area contributed by atoms with Gasteiger partial charge in [-0.05, 0) is 19.8 Å². The third kappa shape index (κ3) is 11.7. The third-order valence-corrected chi connectivity index (χ3v) is 1.58. The highest BCUT2D eigenvalue weighted by atomic mass is 15.1. The molecule has 1 aliphatic rings. The highest BCUT2D eigenvalue weighted by molar-refractivity contribution is 4.96. The fourth-order valence-corrected chi connectivity index (χ4v) is 0.916. The van der Waals surface area contributed by atoms with Crippen LogP contribution in [-0.4, -0.2) is 24.0 Å².